The molecule has 46 heavy (non-hydrogen) atoms. The van der Waals surface area contributed by atoms with Crippen LogP contribution < -0.4 is 4.83 Å². The van der Waals surface area contributed by atoms with Crippen molar-refractivity contribution in [2.75, 3.05) is 25.9 Å². The molecule has 2 heterocycles. The molecule has 1 aliphatic carbocycles. The number of sulfone groups is 1. The number of amides is 1. The largest absolute Gasteiger partial charge is 0.435 e. The summed E-state index contributed by atoms with van der Waals surface area (Å²) in [6, 6.07) is 4.04. The van der Waals surface area contributed by atoms with Crippen LogP contribution >= 0.6 is 0 Å². The summed E-state index contributed by atoms with van der Waals surface area (Å²) in [5.74, 6) is -1.83. The summed E-state index contributed by atoms with van der Waals surface area (Å²) in [4.78, 5) is 17.1. The number of piperidine rings is 1. The van der Waals surface area contributed by atoms with E-state index in [1.807, 2.05) is 0 Å². The van der Waals surface area contributed by atoms with Crippen LogP contribution in [0.5, 0.6) is 0 Å². The van der Waals surface area contributed by atoms with Crippen LogP contribution in [-0.4, -0.2) is 76.9 Å². The Balaban J connectivity index is 1.58. The number of likely N-dealkylation sites (tertiary alicyclic amines) is 1. The molecule has 5 rings (SSSR count). The Hall–Kier alpha value is -2.83. The van der Waals surface area contributed by atoms with Crippen molar-refractivity contribution in [2.45, 2.75) is 65.8 Å². The second kappa shape index (κ2) is 11.4. The van der Waals surface area contributed by atoms with E-state index in [4.69, 9.17) is 0 Å². The van der Waals surface area contributed by atoms with Crippen molar-refractivity contribution in [1.82, 2.24) is 14.7 Å². The molecule has 2 fully saturated rings. The summed E-state index contributed by atoms with van der Waals surface area (Å²) < 4.78 is 160. The normalized spacial score (nSPS) is 23.7. The van der Waals surface area contributed by atoms with Gasteiger partial charge in [-0.05, 0) is 67.5 Å². The minimum atomic E-state index is -6.38. The third kappa shape index (κ3) is 5.57. The molecule has 0 saturated carbocycles. The van der Waals surface area contributed by atoms with E-state index in [-0.39, 0.29) is 73.8 Å². The molecular weight excluding hydrogens is 674 g/mol. The monoisotopic (exact) mass is 703 g/mol. The van der Waals surface area contributed by atoms with Crippen LogP contribution in [0.3, 0.4) is 0 Å². The van der Waals surface area contributed by atoms with Gasteiger partial charge in [-0.15, -0.1) is 4.83 Å². The Labute approximate surface area is 259 Å². The lowest BCUT2D eigenvalue weighted by Gasteiger charge is -2.44. The Morgan fingerprint density at radius 2 is 1.46 bits per heavy atom. The molecule has 1 amide bonds. The number of fused-ring (bicyclic) bond motifs is 3. The smallest absolute Gasteiger partial charge is 0.337 e. The molecule has 254 valence electrons. The van der Waals surface area contributed by atoms with Crippen LogP contribution in [0.25, 0.3) is 0 Å². The maximum Gasteiger partial charge on any atom is 0.435 e. The van der Waals surface area contributed by atoms with Crippen molar-refractivity contribution < 1.29 is 56.8 Å². The summed E-state index contributed by atoms with van der Waals surface area (Å²) in [5.41, 5.74) is -7.89. The highest BCUT2D eigenvalue weighted by Crippen LogP contribution is 2.57. The first kappa shape index (κ1) is 34.5. The molecule has 0 unspecified atom stereocenters. The first-order valence-electron chi connectivity index (χ1n) is 14.1. The Morgan fingerprint density at radius 1 is 0.870 bits per heavy atom. The lowest BCUT2D eigenvalue weighted by atomic mass is 9.76. The minimum absolute atomic E-state index is 0.134. The summed E-state index contributed by atoms with van der Waals surface area (Å²) in [5, 5.41) is 1.42. The van der Waals surface area contributed by atoms with Gasteiger partial charge in [-0.2, -0.15) is 26.3 Å². The fraction of sp³-hybridized carbons (Fsp3) is 0.536. The van der Waals surface area contributed by atoms with Crippen molar-refractivity contribution >= 4 is 25.8 Å². The van der Waals surface area contributed by atoms with E-state index < -0.39 is 71.9 Å². The van der Waals surface area contributed by atoms with E-state index in [2.05, 4.69) is 4.83 Å². The zero-order valence-corrected chi connectivity index (χ0v) is 25.8. The highest BCUT2D eigenvalue weighted by Gasteiger charge is 2.74. The summed E-state index contributed by atoms with van der Waals surface area (Å²) in [6.45, 7) is 0.219. The summed E-state index contributed by atoms with van der Waals surface area (Å²) in [7, 11) is -8.17. The van der Waals surface area contributed by atoms with Crippen LogP contribution in [0.15, 0.2) is 47.4 Å². The lowest BCUT2D eigenvalue weighted by molar-refractivity contribution is -0.348. The number of hydrogen-bond donors (Lipinski definition) is 1. The van der Waals surface area contributed by atoms with E-state index in [0.717, 1.165) is 36.6 Å². The molecule has 3 aliphatic rings. The maximum absolute atomic E-state index is 15.0. The lowest BCUT2D eigenvalue weighted by Crippen LogP contribution is -2.54. The maximum atomic E-state index is 15.0. The van der Waals surface area contributed by atoms with Crippen LogP contribution in [-0.2, 0) is 41.5 Å². The number of halogens is 8. The first-order valence-corrected chi connectivity index (χ1v) is 17.5. The van der Waals surface area contributed by atoms with Crippen molar-refractivity contribution in [3.8, 4) is 0 Å². The average molecular weight is 704 g/mol. The van der Waals surface area contributed by atoms with Crippen LogP contribution in [0.4, 0.5) is 35.1 Å². The van der Waals surface area contributed by atoms with Gasteiger partial charge in [-0.1, -0.05) is 18.2 Å². The van der Waals surface area contributed by atoms with Crippen molar-refractivity contribution in [2.24, 2.45) is 5.92 Å². The fourth-order valence-electron chi connectivity index (χ4n) is 7.00. The van der Waals surface area contributed by atoms with Crippen LogP contribution in [0, 0.1) is 11.7 Å². The average Bonchev–Trinajstić information content (AvgIpc) is 3.36. The number of rotatable bonds is 6. The Bertz CT molecular complexity index is 1710. The number of nitrogens with zero attached hydrogens (tertiary/aromatic N) is 2. The molecule has 0 radical (unpaired) electrons. The molecule has 0 spiro atoms. The van der Waals surface area contributed by atoms with Crippen molar-refractivity contribution in [3.63, 3.8) is 0 Å². The van der Waals surface area contributed by atoms with Crippen LogP contribution in [0.1, 0.15) is 42.4 Å². The van der Waals surface area contributed by atoms with Gasteiger partial charge in [0.25, 0.3) is 0 Å². The highest BCUT2D eigenvalue weighted by atomic mass is 32.2. The van der Waals surface area contributed by atoms with E-state index in [1.165, 1.54) is 9.91 Å². The van der Waals surface area contributed by atoms with Crippen LogP contribution in [0.2, 0.25) is 0 Å². The van der Waals surface area contributed by atoms with Gasteiger partial charge in [0.05, 0.1) is 17.2 Å². The third-order valence-electron chi connectivity index (χ3n) is 9.09. The second-order valence-corrected chi connectivity index (χ2v) is 15.8. The number of benzene rings is 2. The number of aryl methyl sites for hydroxylation is 1. The second-order valence-electron chi connectivity index (χ2n) is 11.8. The Morgan fingerprint density at radius 3 is 2.00 bits per heavy atom. The minimum Gasteiger partial charge on any atom is -0.337 e. The van der Waals surface area contributed by atoms with Gasteiger partial charge < -0.3 is 4.90 Å². The fourth-order valence-corrected chi connectivity index (χ4v) is 10.0. The highest BCUT2D eigenvalue weighted by molar-refractivity contribution is 7.92. The predicted molar refractivity (Wildman–Crippen MR) is 147 cm³/mol. The molecule has 0 bridgehead atoms. The third-order valence-corrected chi connectivity index (χ3v) is 12.2. The molecule has 2 atom stereocenters. The van der Waals surface area contributed by atoms with Gasteiger partial charge in [0.15, 0.2) is 9.84 Å². The molecule has 2 aromatic rings. The molecule has 2 aromatic carbocycles. The molecule has 2 aliphatic heterocycles. The molecular formula is C28H29F8N3O5S2. The molecule has 8 nitrogen and oxygen atoms in total. The molecule has 2 saturated heterocycles. The predicted octanol–water partition coefficient (Wildman–Crippen LogP) is 4.51. The summed E-state index contributed by atoms with van der Waals surface area (Å²) in [6.07, 6.45) is -12.1. The topological polar surface area (TPSA) is 104 Å². The van der Waals surface area contributed by atoms with Gasteiger partial charge in [0.2, 0.25) is 15.9 Å². The number of hydrazine groups is 1. The quantitative estimate of drug-likeness (QED) is 0.351. The summed E-state index contributed by atoms with van der Waals surface area (Å²) >= 11 is 0. The number of alkyl halides is 7. The van der Waals surface area contributed by atoms with Gasteiger partial charge in [-0.25, -0.2) is 30.6 Å². The van der Waals surface area contributed by atoms with E-state index in [1.54, 1.807) is 0 Å². The van der Waals surface area contributed by atoms with Gasteiger partial charge in [0.1, 0.15) is 10.6 Å². The SMILES string of the molecule is CS(=O)(=O)NN1CCC(C(=O)N2CC[C@]3(S(=O)(=O)c4ccc(F)cc4)c4ccc(C(F)(C(F)(F)F)C(F)(F)F)cc4CC[C@H]23)CC1. The van der Waals surface area contributed by atoms with Crippen molar-refractivity contribution in [1.29, 1.82) is 0 Å². The number of nitrogens with one attached hydrogen (secondary N) is 1. The molecule has 0 aromatic heterocycles. The van der Waals surface area contributed by atoms with Gasteiger partial charge in [-0.3, -0.25) is 4.79 Å². The number of carbonyl (C=O) groups excluding carboxylic acids is 1. The zero-order chi connectivity index (χ0) is 34.1. The van der Waals surface area contributed by atoms with Gasteiger partial charge >= 0.3 is 18.0 Å². The van der Waals surface area contributed by atoms with E-state index in [0.29, 0.717) is 6.07 Å². The first-order chi connectivity index (χ1) is 21.1. The zero-order valence-electron chi connectivity index (χ0n) is 24.1. The van der Waals surface area contributed by atoms with E-state index in [9.17, 15) is 52.4 Å². The van der Waals surface area contributed by atoms with Gasteiger partial charge in [0, 0.05) is 31.1 Å². The van der Waals surface area contributed by atoms with Crippen molar-refractivity contribution in [3.05, 3.63) is 65.0 Å². The molecule has 18 heteroatoms. The molecule has 1 N–H and O–H groups in total. The number of hydrogen-bond acceptors (Lipinski definition) is 6. The van der Waals surface area contributed by atoms with E-state index >= 15 is 4.39 Å². The number of sulfonamides is 1. The Kier molecular flexibility index (Phi) is 8.55. The number of carbonyl (C=O) groups is 1. The standard InChI is InChI=1S/C28H29F8N3O5S2/c1-45(41,42)37-38-13-10-17(11-14-38)24(40)39-15-12-25(46(43,44)21-6-4-20(29)5-7-21)22-8-3-19(16-18(22)2-9-23(25)39)26(30,27(31,32)33)28(34,35)36/h3-8,16-17,23,37H,2,9-15H2,1H3/t23-,25-/m0/s1.